The minimum absolute atomic E-state index is 0. The van der Waals surface area contributed by atoms with Crippen LogP contribution >= 0.6 is 12.4 Å². The second-order valence-corrected chi connectivity index (χ2v) is 7.09. The van der Waals surface area contributed by atoms with Gasteiger partial charge < -0.3 is 10.2 Å². The molecule has 3 nitrogen and oxygen atoms in total. The van der Waals surface area contributed by atoms with Gasteiger partial charge in [0.15, 0.2) is 0 Å². The molecule has 0 radical (unpaired) electrons. The molecule has 1 aromatic carbocycles. The van der Waals surface area contributed by atoms with E-state index in [0.717, 1.165) is 26.1 Å². The Kier molecular flexibility index (Phi) is 6.89. The van der Waals surface area contributed by atoms with E-state index in [1.165, 1.54) is 11.1 Å². The van der Waals surface area contributed by atoms with E-state index in [4.69, 9.17) is 0 Å². The Balaban J connectivity index is 0.00000242. The van der Waals surface area contributed by atoms with Gasteiger partial charge in [0.1, 0.15) is 0 Å². The molecule has 0 unspecified atom stereocenters. The van der Waals surface area contributed by atoms with Crippen LogP contribution in [-0.4, -0.2) is 36.5 Å². The van der Waals surface area contributed by atoms with E-state index in [-0.39, 0.29) is 23.7 Å². The molecular formula is C18H29ClN2O. The van der Waals surface area contributed by atoms with Crippen molar-refractivity contribution in [2.45, 2.75) is 52.0 Å². The molecule has 1 N–H and O–H groups in total. The zero-order chi connectivity index (χ0) is 15.5. The van der Waals surface area contributed by atoms with Crippen molar-refractivity contribution in [3.8, 4) is 0 Å². The quantitative estimate of drug-likeness (QED) is 0.926. The molecule has 1 aromatic rings. The van der Waals surface area contributed by atoms with E-state index in [1.54, 1.807) is 0 Å². The second kappa shape index (κ2) is 7.98. The van der Waals surface area contributed by atoms with Crippen LogP contribution < -0.4 is 5.32 Å². The first-order chi connectivity index (χ1) is 9.88. The number of hydrogen-bond acceptors (Lipinski definition) is 2. The third kappa shape index (κ3) is 4.99. The lowest BCUT2D eigenvalue weighted by atomic mass is 9.86. The third-order valence-corrected chi connectivity index (χ3v) is 4.27. The topological polar surface area (TPSA) is 32.3 Å². The van der Waals surface area contributed by atoms with Gasteiger partial charge in [0.2, 0.25) is 5.91 Å². The number of halogens is 1. The number of hydrogen-bond donors (Lipinski definition) is 1. The summed E-state index contributed by atoms with van der Waals surface area (Å²) in [6.07, 6.45) is 1.44. The lowest BCUT2D eigenvalue weighted by Gasteiger charge is -2.34. The van der Waals surface area contributed by atoms with Crippen LogP contribution in [-0.2, 0) is 16.6 Å². The molecule has 1 saturated heterocycles. The average Bonchev–Trinajstić information content (AvgIpc) is 2.45. The molecule has 0 aliphatic carbocycles. The Bertz CT molecular complexity index is 479. The highest BCUT2D eigenvalue weighted by atomic mass is 35.5. The summed E-state index contributed by atoms with van der Waals surface area (Å²) in [4.78, 5) is 14.3. The Labute approximate surface area is 140 Å². The third-order valence-electron chi connectivity index (χ3n) is 4.27. The van der Waals surface area contributed by atoms with Crippen LogP contribution in [0.2, 0.25) is 0 Å². The number of carbonyl (C=O) groups is 1. The monoisotopic (exact) mass is 324 g/mol. The number of nitrogens with one attached hydrogen (secondary N) is 1. The van der Waals surface area contributed by atoms with Gasteiger partial charge in [-0.2, -0.15) is 0 Å². The first kappa shape index (κ1) is 19.0. The van der Waals surface area contributed by atoms with Crippen molar-refractivity contribution in [3.05, 3.63) is 35.4 Å². The molecule has 1 amide bonds. The summed E-state index contributed by atoms with van der Waals surface area (Å²) >= 11 is 0. The number of piperazine rings is 1. The minimum atomic E-state index is 0. The highest BCUT2D eigenvalue weighted by Gasteiger charge is 2.22. The van der Waals surface area contributed by atoms with E-state index < -0.39 is 0 Å². The molecule has 1 heterocycles. The van der Waals surface area contributed by atoms with Crippen LogP contribution in [0, 0.1) is 0 Å². The fraction of sp³-hybridized carbons (Fsp3) is 0.611. The molecule has 4 heteroatoms. The van der Waals surface area contributed by atoms with Crippen molar-refractivity contribution in [3.63, 3.8) is 0 Å². The zero-order valence-corrected chi connectivity index (χ0v) is 15.0. The van der Waals surface area contributed by atoms with Gasteiger partial charge in [0, 0.05) is 32.1 Å². The summed E-state index contributed by atoms with van der Waals surface area (Å²) in [5, 5.41) is 3.32. The Hall–Kier alpha value is -1.06. The lowest BCUT2D eigenvalue weighted by Crippen LogP contribution is -2.52. The molecule has 1 aliphatic rings. The molecule has 0 spiro atoms. The van der Waals surface area contributed by atoms with E-state index in [2.05, 4.69) is 57.3 Å². The van der Waals surface area contributed by atoms with Crippen LogP contribution in [0.4, 0.5) is 0 Å². The van der Waals surface area contributed by atoms with Gasteiger partial charge in [-0.15, -0.1) is 12.4 Å². The highest BCUT2D eigenvalue weighted by molar-refractivity contribution is 5.85. The maximum atomic E-state index is 12.3. The lowest BCUT2D eigenvalue weighted by molar-refractivity contribution is -0.133. The Morgan fingerprint density at radius 3 is 2.45 bits per heavy atom. The van der Waals surface area contributed by atoms with Gasteiger partial charge in [0.05, 0.1) is 0 Å². The van der Waals surface area contributed by atoms with Gasteiger partial charge in [-0.05, 0) is 29.9 Å². The molecule has 1 atom stereocenters. The summed E-state index contributed by atoms with van der Waals surface area (Å²) in [5.74, 6) is 0.281. The average molecular weight is 325 g/mol. The van der Waals surface area contributed by atoms with Crippen molar-refractivity contribution in [2.75, 3.05) is 19.6 Å². The Morgan fingerprint density at radius 2 is 1.91 bits per heavy atom. The molecule has 0 bridgehead atoms. The fourth-order valence-corrected chi connectivity index (χ4v) is 2.78. The normalized spacial score (nSPS) is 18.7. The second-order valence-electron chi connectivity index (χ2n) is 7.09. The molecule has 124 valence electrons. The smallest absolute Gasteiger partial charge is 0.223 e. The first-order valence-electron chi connectivity index (χ1n) is 7.97. The predicted octanol–water partition coefficient (Wildman–Crippen LogP) is 3.16. The largest absolute Gasteiger partial charge is 0.337 e. The SMILES string of the molecule is C[C@H]1CNCCN1C(=O)CCc1ccc(C(C)(C)C)cc1.Cl. The number of nitrogens with zero attached hydrogens (tertiary/aromatic N) is 1. The van der Waals surface area contributed by atoms with Crippen LogP contribution in [0.3, 0.4) is 0 Å². The van der Waals surface area contributed by atoms with E-state index in [9.17, 15) is 4.79 Å². The molecular weight excluding hydrogens is 296 g/mol. The predicted molar refractivity (Wildman–Crippen MR) is 94.8 cm³/mol. The maximum absolute atomic E-state index is 12.3. The van der Waals surface area contributed by atoms with Crippen molar-refractivity contribution < 1.29 is 4.79 Å². The van der Waals surface area contributed by atoms with Crippen LogP contribution in [0.15, 0.2) is 24.3 Å². The maximum Gasteiger partial charge on any atom is 0.223 e. The van der Waals surface area contributed by atoms with Crippen LogP contribution in [0.1, 0.15) is 45.2 Å². The molecule has 0 aromatic heterocycles. The summed E-state index contributed by atoms with van der Waals surface area (Å²) in [6.45, 7) is 11.4. The van der Waals surface area contributed by atoms with Gasteiger partial charge in [0.25, 0.3) is 0 Å². The van der Waals surface area contributed by atoms with Crippen molar-refractivity contribution in [2.24, 2.45) is 0 Å². The molecule has 2 rings (SSSR count). The number of amides is 1. The summed E-state index contributed by atoms with van der Waals surface area (Å²) in [5.41, 5.74) is 2.78. The highest BCUT2D eigenvalue weighted by Crippen LogP contribution is 2.22. The fourth-order valence-electron chi connectivity index (χ4n) is 2.78. The number of carbonyl (C=O) groups excluding carboxylic acids is 1. The standard InChI is InChI=1S/C18H28N2O.ClH/c1-14-13-19-11-12-20(14)17(21)10-7-15-5-8-16(9-6-15)18(2,3)4;/h5-6,8-9,14,19H,7,10-13H2,1-4H3;1H/t14-;/m0./s1. The summed E-state index contributed by atoms with van der Waals surface area (Å²) < 4.78 is 0. The zero-order valence-electron chi connectivity index (χ0n) is 14.2. The van der Waals surface area contributed by atoms with Crippen molar-refractivity contribution in [1.29, 1.82) is 0 Å². The van der Waals surface area contributed by atoms with E-state index in [0.29, 0.717) is 12.5 Å². The van der Waals surface area contributed by atoms with E-state index in [1.807, 2.05) is 4.90 Å². The van der Waals surface area contributed by atoms with Gasteiger partial charge in [-0.1, -0.05) is 45.0 Å². The van der Waals surface area contributed by atoms with Crippen LogP contribution in [0.5, 0.6) is 0 Å². The van der Waals surface area contributed by atoms with Gasteiger partial charge in [-0.25, -0.2) is 0 Å². The number of aryl methyl sites for hydroxylation is 1. The van der Waals surface area contributed by atoms with Crippen molar-refractivity contribution in [1.82, 2.24) is 10.2 Å². The van der Waals surface area contributed by atoms with Crippen LogP contribution in [0.25, 0.3) is 0 Å². The van der Waals surface area contributed by atoms with E-state index >= 15 is 0 Å². The molecule has 0 saturated carbocycles. The van der Waals surface area contributed by atoms with Gasteiger partial charge >= 0.3 is 0 Å². The molecule has 1 fully saturated rings. The molecule has 1 aliphatic heterocycles. The number of benzene rings is 1. The number of rotatable bonds is 3. The summed E-state index contributed by atoms with van der Waals surface area (Å²) in [6, 6.07) is 9.01. The molecule has 22 heavy (non-hydrogen) atoms. The van der Waals surface area contributed by atoms with Crippen molar-refractivity contribution >= 4 is 18.3 Å². The first-order valence-corrected chi connectivity index (χ1v) is 7.97. The van der Waals surface area contributed by atoms with Gasteiger partial charge in [-0.3, -0.25) is 4.79 Å². The minimum Gasteiger partial charge on any atom is -0.337 e. The Morgan fingerprint density at radius 1 is 1.27 bits per heavy atom. The summed E-state index contributed by atoms with van der Waals surface area (Å²) in [7, 11) is 0.